The Hall–Kier alpha value is -1.46. The molecule has 0 aliphatic heterocycles. The molecule has 0 atom stereocenters. The summed E-state index contributed by atoms with van der Waals surface area (Å²) in [6, 6.07) is 1.99. The summed E-state index contributed by atoms with van der Waals surface area (Å²) in [7, 11) is 0. The summed E-state index contributed by atoms with van der Waals surface area (Å²) in [5.74, 6) is -4.31. The van der Waals surface area contributed by atoms with E-state index in [0.29, 0.717) is 0 Å². The molecule has 0 radical (unpaired) electrons. The van der Waals surface area contributed by atoms with Gasteiger partial charge >= 0.3 is 6.11 Å². The Morgan fingerprint density at radius 2 is 1.63 bits per heavy atom. The molecule has 2 nitrogen and oxygen atoms in total. The Balaban J connectivity index is 2.94. The van der Waals surface area contributed by atoms with Crippen molar-refractivity contribution in [2.45, 2.75) is 33.3 Å². The van der Waals surface area contributed by atoms with Crippen LogP contribution in [0.1, 0.15) is 27.2 Å². The lowest BCUT2D eigenvalue weighted by Gasteiger charge is -2.20. The van der Waals surface area contributed by atoms with Gasteiger partial charge < -0.3 is 9.47 Å². The van der Waals surface area contributed by atoms with Gasteiger partial charge in [-0.1, -0.05) is 13.8 Å². The second kappa shape index (κ2) is 6.12. The SMILES string of the molecule is CCOc1ccc(OC(F)(F)CC(C)C)c(F)c1F. The van der Waals surface area contributed by atoms with Gasteiger partial charge in [0, 0.05) is 0 Å². The summed E-state index contributed by atoms with van der Waals surface area (Å²) in [5, 5.41) is 0. The molecule has 0 spiro atoms. The van der Waals surface area contributed by atoms with Crippen LogP contribution in [0.5, 0.6) is 11.5 Å². The second-order valence-electron chi connectivity index (χ2n) is 4.46. The Labute approximate surface area is 109 Å². The first-order valence-corrected chi connectivity index (χ1v) is 5.94. The lowest BCUT2D eigenvalue weighted by Crippen LogP contribution is -2.27. The maximum atomic E-state index is 13.5. The van der Waals surface area contributed by atoms with Gasteiger partial charge in [0.2, 0.25) is 11.6 Å². The van der Waals surface area contributed by atoms with Crippen LogP contribution in [0, 0.1) is 17.6 Å². The van der Waals surface area contributed by atoms with Crippen LogP contribution >= 0.6 is 0 Å². The highest BCUT2D eigenvalue weighted by molar-refractivity contribution is 5.35. The Morgan fingerprint density at radius 3 is 2.16 bits per heavy atom. The molecule has 0 fully saturated rings. The second-order valence-corrected chi connectivity index (χ2v) is 4.46. The predicted molar refractivity (Wildman–Crippen MR) is 62.6 cm³/mol. The van der Waals surface area contributed by atoms with Gasteiger partial charge in [-0.05, 0) is 25.0 Å². The average molecular weight is 280 g/mol. The molecule has 0 bridgehead atoms. The molecule has 0 aromatic heterocycles. The highest BCUT2D eigenvalue weighted by Crippen LogP contribution is 2.33. The van der Waals surface area contributed by atoms with Crippen molar-refractivity contribution in [3.8, 4) is 11.5 Å². The zero-order valence-corrected chi connectivity index (χ0v) is 11.0. The zero-order chi connectivity index (χ0) is 14.6. The van der Waals surface area contributed by atoms with Crippen LogP contribution in [0.2, 0.25) is 0 Å². The fraction of sp³-hybridized carbons (Fsp3) is 0.538. The van der Waals surface area contributed by atoms with Crippen LogP contribution in [-0.4, -0.2) is 12.7 Å². The van der Waals surface area contributed by atoms with E-state index < -0.39 is 29.9 Å². The van der Waals surface area contributed by atoms with Gasteiger partial charge in [0.25, 0.3) is 0 Å². The molecule has 0 aliphatic rings. The van der Waals surface area contributed by atoms with Gasteiger partial charge in [0.05, 0.1) is 13.0 Å². The van der Waals surface area contributed by atoms with E-state index in [2.05, 4.69) is 4.74 Å². The Morgan fingerprint density at radius 1 is 1.11 bits per heavy atom. The molecule has 0 aliphatic carbocycles. The third-order valence-corrected chi connectivity index (χ3v) is 2.22. The monoisotopic (exact) mass is 280 g/mol. The lowest BCUT2D eigenvalue weighted by molar-refractivity contribution is -0.188. The van der Waals surface area contributed by atoms with Gasteiger partial charge in [-0.3, -0.25) is 0 Å². The molecule has 1 rings (SSSR count). The highest BCUT2D eigenvalue weighted by Gasteiger charge is 2.34. The molecule has 0 unspecified atom stereocenters. The zero-order valence-electron chi connectivity index (χ0n) is 11.0. The first-order valence-electron chi connectivity index (χ1n) is 5.94. The number of halogens is 4. The summed E-state index contributed by atoms with van der Waals surface area (Å²) in [5.41, 5.74) is 0. The van der Waals surface area contributed by atoms with Gasteiger partial charge in [-0.2, -0.15) is 17.6 Å². The van der Waals surface area contributed by atoms with E-state index in [4.69, 9.17) is 4.74 Å². The number of hydrogen-bond donors (Lipinski definition) is 0. The molecule has 6 heteroatoms. The molecule has 19 heavy (non-hydrogen) atoms. The van der Waals surface area contributed by atoms with Crippen LogP contribution in [0.25, 0.3) is 0 Å². The normalized spacial score (nSPS) is 11.8. The van der Waals surface area contributed by atoms with Crippen molar-refractivity contribution in [3.05, 3.63) is 23.8 Å². The van der Waals surface area contributed by atoms with Gasteiger partial charge in [0.15, 0.2) is 11.5 Å². The van der Waals surface area contributed by atoms with Crippen LogP contribution in [-0.2, 0) is 0 Å². The van der Waals surface area contributed by atoms with E-state index >= 15 is 0 Å². The number of alkyl halides is 2. The third kappa shape index (κ3) is 4.29. The molecular weight excluding hydrogens is 264 g/mol. The third-order valence-electron chi connectivity index (χ3n) is 2.22. The first kappa shape index (κ1) is 15.6. The van der Waals surface area contributed by atoms with E-state index in [1.807, 2.05) is 0 Å². The maximum absolute atomic E-state index is 13.5. The standard InChI is InChI=1S/C13H16F4O2/c1-4-18-9-5-6-10(12(15)11(9)14)19-13(16,17)7-8(2)3/h5-6,8H,4,7H2,1-3H3. The first-order chi connectivity index (χ1) is 8.76. The number of benzene rings is 1. The number of hydrogen-bond acceptors (Lipinski definition) is 2. The Bertz CT molecular complexity index is 433. The largest absolute Gasteiger partial charge is 0.491 e. The minimum Gasteiger partial charge on any atom is -0.491 e. The summed E-state index contributed by atoms with van der Waals surface area (Å²) in [4.78, 5) is 0. The van der Waals surface area contributed by atoms with Crippen molar-refractivity contribution in [2.24, 2.45) is 5.92 Å². The lowest BCUT2D eigenvalue weighted by atomic mass is 10.1. The van der Waals surface area contributed by atoms with Crippen LogP contribution in [0.4, 0.5) is 17.6 Å². The van der Waals surface area contributed by atoms with E-state index in [9.17, 15) is 17.6 Å². The number of ether oxygens (including phenoxy) is 2. The number of rotatable bonds is 6. The van der Waals surface area contributed by atoms with Gasteiger partial charge in [-0.25, -0.2) is 0 Å². The molecular formula is C13H16F4O2. The summed E-state index contributed by atoms with van der Waals surface area (Å²) < 4.78 is 62.8. The van der Waals surface area contributed by atoms with E-state index in [1.165, 1.54) is 0 Å². The van der Waals surface area contributed by atoms with Crippen molar-refractivity contribution < 1.29 is 27.0 Å². The minimum atomic E-state index is -3.55. The molecule has 0 heterocycles. The molecule has 108 valence electrons. The fourth-order valence-corrected chi connectivity index (χ4v) is 1.54. The van der Waals surface area contributed by atoms with Crippen LogP contribution in [0.15, 0.2) is 12.1 Å². The maximum Gasteiger partial charge on any atom is 0.398 e. The summed E-state index contributed by atoms with van der Waals surface area (Å²) in [6.45, 7) is 4.89. The van der Waals surface area contributed by atoms with Crippen LogP contribution in [0.3, 0.4) is 0 Å². The molecule has 0 saturated carbocycles. The van der Waals surface area contributed by atoms with Crippen molar-refractivity contribution in [1.82, 2.24) is 0 Å². The van der Waals surface area contributed by atoms with Crippen molar-refractivity contribution in [2.75, 3.05) is 6.61 Å². The smallest absolute Gasteiger partial charge is 0.398 e. The molecule has 1 aromatic carbocycles. The molecule has 0 saturated heterocycles. The molecule has 0 amide bonds. The van der Waals surface area contributed by atoms with Crippen LogP contribution < -0.4 is 9.47 Å². The highest BCUT2D eigenvalue weighted by atomic mass is 19.3. The van der Waals surface area contributed by atoms with Crippen molar-refractivity contribution in [3.63, 3.8) is 0 Å². The quantitative estimate of drug-likeness (QED) is 0.720. The van der Waals surface area contributed by atoms with Gasteiger partial charge in [0.1, 0.15) is 0 Å². The molecule has 1 aromatic rings. The topological polar surface area (TPSA) is 18.5 Å². The van der Waals surface area contributed by atoms with E-state index in [1.54, 1.807) is 20.8 Å². The fourth-order valence-electron chi connectivity index (χ4n) is 1.54. The van der Waals surface area contributed by atoms with Gasteiger partial charge in [-0.15, -0.1) is 0 Å². The summed E-state index contributed by atoms with van der Waals surface area (Å²) >= 11 is 0. The van der Waals surface area contributed by atoms with Crippen molar-refractivity contribution in [1.29, 1.82) is 0 Å². The Kier molecular flexibility index (Phi) is 5.03. The summed E-state index contributed by atoms with van der Waals surface area (Å²) in [6.07, 6.45) is -4.13. The van der Waals surface area contributed by atoms with Crippen molar-refractivity contribution >= 4 is 0 Å². The minimum absolute atomic E-state index is 0.139. The molecule has 0 N–H and O–H groups in total. The van der Waals surface area contributed by atoms with E-state index in [0.717, 1.165) is 12.1 Å². The average Bonchev–Trinajstić information content (AvgIpc) is 2.27. The predicted octanol–water partition coefficient (Wildman–Crippen LogP) is 4.38. The van der Waals surface area contributed by atoms with E-state index in [-0.39, 0.29) is 18.3 Å².